The normalized spacial score (nSPS) is 11.7. The highest BCUT2D eigenvalue weighted by molar-refractivity contribution is 9.11. The van der Waals surface area contributed by atoms with Crippen molar-refractivity contribution in [2.45, 2.75) is 55.4 Å². The second-order valence-electron chi connectivity index (χ2n) is 15.3. The van der Waals surface area contributed by atoms with Crippen LogP contribution in [0.25, 0.3) is 76.8 Å². The lowest BCUT2D eigenvalue weighted by Crippen LogP contribution is -2.00. The Balaban J connectivity index is 1.82. The van der Waals surface area contributed by atoms with Crippen LogP contribution >= 0.6 is 79.6 Å². The highest BCUT2D eigenvalue weighted by atomic mass is 79.9. The lowest BCUT2D eigenvalue weighted by molar-refractivity contribution is 1.34. The summed E-state index contributed by atoms with van der Waals surface area (Å²) in [5.41, 5.74) is 19.6. The first-order valence-electron chi connectivity index (χ1n) is 18.4. The Morgan fingerprint density at radius 3 is 0.873 bits per heavy atom. The fraction of sp³-hybridized carbons (Fsp3) is 0.160. The lowest BCUT2D eigenvalue weighted by Gasteiger charge is -2.27. The summed E-state index contributed by atoms with van der Waals surface area (Å²) in [6, 6.07) is 34.9. The van der Waals surface area contributed by atoms with Crippen LogP contribution in [0, 0.1) is 55.4 Å². The SMILES string of the molecule is Cc1cc(C)cc(-c2c3cc(Br)ccc3c(-c3cc(C)c(Br)c(C)c3)c3c(-c4cc(C)c(Br)c(C)c4)c4cc(Br)ccc4c(-c4cc(C)c(Br)c(C)c4)c23)c1. The van der Waals surface area contributed by atoms with Gasteiger partial charge in [0.25, 0.3) is 0 Å². The van der Waals surface area contributed by atoms with E-state index >= 15 is 0 Å². The van der Waals surface area contributed by atoms with E-state index in [2.05, 4.69) is 226 Å². The molecule has 55 heavy (non-hydrogen) atoms. The van der Waals surface area contributed by atoms with Gasteiger partial charge in [-0.1, -0.05) is 158 Å². The Morgan fingerprint density at radius 1 is 0.291 bits per heavy atom. The number of aryl methyl sites for hydroxylation is 8. The molecular weight excluding hydrogens is 1000 g/mol. The van der Waals surface area contributed by atoms with Crippen molar-refractivity contribution < 1.29 is 0 Å². The average molecular weight is 1040 g/mol. The fourth-order valence-corrected chi connectivity index (χ4v) is 10.2. The highest BCUT2D eigenvalue weighted by Gasteiger charge is 2.28. The minimum atomic E-state index is 1.05. The summed E-state index contributed by atoms with van der Waals surface area (Å²) in [6.45, 7) is 17.7. The fourth-order valence-electron chi connectivity index (χ4n) is 8.76. The van der Waals surface area contributed by atoms with Gasteiger partial charge in [0, 0.05) is 22.4 Å². The van der Waals surface area contributed by atoms with E-state index in [9.17, 15) is 0 Å². The molecule has 8 aromatic carbocycles. The summed E-state index contributed by atoms with van der Waals surface area (Å²) in [7, 11) is 0. The minimum absolute atomic E-state index is 1.05. The zero-order valence-corrected chi connectivity index (χ0v) is 40.0. The molecule has 0 heterocycles. The quantitative estimate of drug-likeness (QED) is 0.154. The monoisotopic (exact) mass is 1030 g/mol. The predicted octanol–water partition coefficient (Wildman–Crippen LogP) is 18.1. The van der Waals surface area contributed by atoms with Crippen molar-refractivity contribution in [3.63, 3.8) is 0 Å². The van der Waals surface area contributed by atoms with Gasteiger partial charge >= 0.3 is 0 Å². The molecule has 0 atom stereocenters. The van der Waals surface area contributed by atoms with Crippen LogP contribution in [-0.4, -0.2) is 0 Å². The van der Waals surface area contributed by atoms with Crippen molar-refractivity contribution >= 4 is 112 Å². The maximum Gasteiger partial charge on any atom is 0.0234 e. The third-order valence-corrected chi connectivity index (χ3v) is 15.7. The molecule has 274 valence electrons. The third kappa shape index (κ3) is 6.70. The van der Waals surface area contributed by atoms with E-state index < -0.39 is 0 Å². The molecular formula is C50H39Br5. The first kappa shape index (κ1) is 38.8. The van der Waals surface area contributed by atoms with Gasteiger partial charge in [0.2, 0.25) is 0 Å². The van der Waals surface area contributed by atoms with Gasteiger partial charge in [-0.25, -0.2) is 0 Å². The number of fused-ring (bicyclic) bond motifs is 3. The maximum absolute atomic E-state index is 3.94. The predicted molar refractivity (Wildman–Crippen MR) is 257 cm³/mol. The second-order valence-corrected chi connectivity index (χ2v) is 19.5. The Morgan fingerprint density at radius 2 is 0.564 bits per heavy atom. The van der Waals surface area contributed by atoms with Crippen LogP contribution in [0.3, 0.4) is 0 Å². The lowest BCUT2D eigenvalue weighted by atomic mass is 9.77. The van der Waals surface area contributed by atoms with Crippen molar-refractivity contribution in [1.29, 1.82) is 0 Å². The zero-order chi connectivity index (χ0) is 39.2. The number of hydrogen-bond donors (Lipinski definition) is 0. The Hall–Kier alpha value is -3.06. The molecule has 0 aliphatic rings. The van der Waals surface area contributed by atoms with Crippen LogP contribution in [0.5, 0.6) is 0 Å². The van der Waals surface area contributed by atoms with E-state index in [4.69, 9.17) is 0 Å². The highest BCUT2D eigenvalue weighted by Crippen LogP contribution is 2.55. The molecule has 0 aromatic heterocycles. The number of halogens is 5. The summed E-state index contributed by atoms with van der Waals surface area (Å²) < 4.78 is 5.55. The second kappa shape index (κ2) is 14.7. The van der Waals surface area contributed by atoms with Crippen LogP contribution in [0.2, 0.25) is 0 Å². The number of benzene rings is 8. The summed E-state index contributed by atoms with van der Waals surface area (Å²) in [5.74, 6) is 0. The molecule has 0 aliphatic heterocycles. The molecule has 5 heteroatoms. The largest absolute Gasteiger partial charge is 0.0563 e. The van der Waals surface area contributed by atoms with Gasteiger partial charge in [-0.05, 0) is 190 Å². The van der Waals surface area contributed by atoms with Crippen LogP contribution < -0.4 is 0 Å². The van der Waals surface area contributed by atoms with Crippen molar-refractivity contribution in [3.05, 3.63) is 158 Å². The van der Waals surface area contributed by atoms with Gasteiger partial charge in [0.15, 0.2) is 0 Å². The standard InChI is InChI=1S/C50H39Br5/c1-24-13-25(2)15-32(14-24)44-40-22-36(51)9-11-38(40)43(34-18-28(5)49(54)29(6)19-34)47-45(35-20-30(7)50(55)31(8)21-35)41-23-37(52)10-12-39(41)42(46(44)47)33-16-26(3)48(53)27(4)17-33/h9-23H,1-8H3. The molecule has 0 spiro atoms. The topological polar surface area (TPSA) is 0 Å². The first-order valence-corrected chi connectivity index (χ1v) is 22.3. The summed E-state index contributed by atoms with van der Waals surface area (Å²) in [5, 5.41) is 7.39. The molecule has 8 aromatic rings. The zero-order valence-electron chi connectivity index (χ0n) is 32.1. The third-order valence-electron chi connectivity index (χ3n) is 11.0. The van der Waals surface area contributed by atoms with Crippen LogP contribution in [0.15, 0.2) is 113 Å². The van der Waals surface area contributed by atoms with Gasteiger partial charge in [0.05, 0.1) is 0 Å². The van der Waals surface area contributed by atoms with E-state index in [-0.39, 0.29) is 0 Å². The number of hydrogen-bond acceptors (Lipinski definition) is 0. The van der Waals surface area contributed by atoms with Gasteiger partial charge in [-0.3, -0.25) is 0 Å². The smallest absolute Gasteiger partial charge is 0.0234 e. The molecule has 0 saturated carbocycles. The Bertz CT molecular complexity index is 2860. The molecule has 0 N–H and O–H groups in total. The van der Waals surface area contributed by atoms with E-state index in [0.717, 1.165) is 22.4 Å². The van der Waals surface area contributed by atoms with Crippen molar-refractivity contribution in [1.82, 2.24) is 0 Å². The summed E-state index contributed by atoms with van der Waals surface area (Å²) >= 11 is 19.6. The van der Waals surface area contributed by atoms with Gasteiger partial charge in [0.1, 0.15) is 0 Å². The van der Waals surface area contributed by atoms with Gasteiger partial charge < -0.3 is 0 Å². The molecule has 0 saturated heterocycles. The van der Waals surface area contributed by atoms with E-state index in [1.165, 1.54) is 121 Å². The molecule has 0 nitrogen and oxygen atoms in total. The average Bonchev–Trinajstić information content (AvgIpc) is 3.12. The molecule has 0 aliphatic carbocycles. The van der Waals surface area contributed by atoms with Crippen molar-refractivity contribution in [2.24, 2.45) is 0 Å². The Labute approximate surface area is 366 Å². The minimum Gasteiger partial charge on any atom is -0.0563 e. The number of rotatable bonds is 4. The molecule has 0 unspecified atom stereocenters. The first-order chi connectivity index (χ1) is 26.1. The molecule has 0 radical (unpaired) electrons. The van der Waals surface area contributed by atoms with Crippen LogP contribution in [0.4, 0.5) is 0 Å². The molecule has 0 bridgehead atoms. The molecule has 0 amide bonds. The van der Waals surface area contributed by atoms with Crippen LogP contribution in [0.1, 0.15) is 44.5 Å². The van der Waals surface area contributed by atoms with E-state index in [1.54, 1.807) is 0 Å². The van der Waals surface area contributed by atoms with E-state index in [1.807, 2.05) is 0 Å². The van der Waals surface area contributed by atoms with Crippen LogP contribution in [-0.2, 0) is 0 Å². The maximum atomic E-state index is 3.94. The van der Waals surface area contributed by atoms with E-state index in [0.29, 0.717) is 0 Å². The summed E-state index contributed by atoms with van der Waals surface area (Å²) in [4.78, 5) is 0. The van der Waals surface area contributed by atoms with Crippen molar-refractivity contribution in [3.8, 4) is 44.5 Å². The summed E-state index contributed by atoms with van der Waals surface area (Å²) in [6.07, 6.45) is 0. The molecule has 0 fully saturated rings. The Kier molecular flexibility index (Phi) is 10.4. The van der Waals surface area contributed by atoms with Gasteiger partial charge in [-0.15, -0.1) is 0 Å². The van der Waals surface area contributed by atoms with Crippen molar-refractivity contribution in [2.75, 3.05) is 0 Å². The van der Waals surface area contributed by atoms with Gasteiger partial charge in [-0.2, -0.15) is 0 Å². The molecule has 8 rings (SSSR count).